The van der Waals surface area contributed by atoms with E-state index in [2.05, 4.69) is 4.99 Å². The van der Waals surface area contributed by atoms with E-state index in [1.165, 1.54) is 54.2 Å². The second-order valence-electron chi connectivity index (χ2n) is 6.86. The first-order valence-corrected chi connectivity index (χ1v) is 11.8. The van der Waals surface area contributed by atoms with Crippen LogP contribution in [0.3, 0.4) is 0 Å². The highest BCUT2D eigenvalue weighted by Gasteiger charge is 2.49. The van der Waals surface area contributed by atoms with Crippen molar-refractivity contribution >= 4 is 50.0 Å². The summed E-state index contributed by atoms with van der Waals surface area (Å²) in [6.07, 6.45) is -0.0179. The van der Waals surface area contributed by atoms with Crippen LogP contribution >= 0.6 is 23.4 Å². The van der Waals surface area contributed by atoms with E-state index >= 15 is 0 Å². The fourth-order valence-corrected chi connectivity index (χ4v) is 7.53. The predicted octanol–water partition coefficient (Wildman–Crippen LogP) is 3.46. The van der Waals surface area contributed by atoms with E-state index in [-0.39, 0.29) is 28.2 Å². The van der Waals surface area contributed by atoms with Crippen molar-refractivity contribution in [2.75, 3.05) is 16.4 Å². The van der Waals surface area contributed by atoms with E-state index in [9.17, 15) is 22.0 Å². The molecule has 29 heavy (non-hydrogen) atoms. The van der Waals surface area contributed by atoms with Gasteiger partial charge in [0, 0.05) is 10.9 Å². The summed E-state index contributed by atoms with van der Waals surface area (Å²) in [6, 6.07) is 9.20. The molecule has 2 atom stereocenters. The molecule has 2 aliphatic rings. The minimum atomic E-state index is -3.21. The Kier molecular flexibility index (Phi) is 5.39. The van der Waals surface area contributed by atoms with Gasteiger partial charge < -0.3 is 4.90 Å². The summed E-state index contributed by atoms with van der Waals surface area (Å²) in [6.45, 7) is 0. The van der Waals surface area contributed by atoms with Crippen LogP contribution in [-0.4, -0.2) is 42.3 Å². The SMILES string of the molecule is O=C(Cc1ccc(F)cc1)N=C1S[C@H]2CS(=O)(=O)C[C@H]2N1c1ccc(F)c(Cl)c1. The van der Waals surface area contributed by atoms with Gasteiger partial charge in [-0.15, -0.1) is 0 Å². The van der Waals surface area contributed by atoms with E-state index in [0.717, 1.165) is 0 Å². The Morgan fingerprint density at radius 1 is 1.17 bits per heavy atom. The Morgan fingerprint density at radius 2 is 1.90 bits per heavy atom. The number of sulfone groups is 1. The highest BCUT2D eigenvalue weighted by Crippen LogP contribution is 2.41. The van der Waals surface area contributed by atoms with Gasteiger partial charge in [-0.05, 0) is 35.9 Å². The van der Waals surface area contributed by atoms with Crippen LogP contribution in [0.1, 0.15) is 5.56 Å². The van der Waals surface area contributed by atoms with Crippen molar-refractivity contribution in [2.45, 2.75) is 17.7 Å². The zero-order valence-corrected chi connectivity index (χ0v) is 17.3. The normalized spacial score (nSPS) is 24.1. The molecule has 0 spiro atoms. The molecule has 2 fully saturated rings. The summed E-state index contributed by atoms with van der Waals surface area (Å²) < 4.78 is 50.8. The number of amides is 1. The molecule has 2 aliphatic heterocycles. The summed E-state index contributed by atoms with van der Waals surface area (Å²) in [5.74, 6) is -1.53. The maximum Gasteiger partial charge on any atom is 0.252 e. The Balaban J connectivity index is 1.65. The number of carbonyl (C=O) groups is 1. The first-order chi connectivity index (χ1) is 13.7. The van der Waals surface area contributed by atoms with Crippen molar-refractivity contribution < 1.29 is 22.0 Å². The topological polar surface area (TPSA) is 66.8 Å². The molecule has 0 saturated carbocycles. The molecular formula is C19H15ClF2N2O3S2. The Bertz CT molecular complexity index is 1110. The molecule has 0 unspecified atom stereocenters. The number of thioether (sulfide) groups is 1. The second kappa shape index (κ2) is 7.70. The maximum absolute atomic E-state index is 13.6. The predicted molar refractivity (Wildman–Crippen MR) is 110 cm³/mol. The average Bonchev–Trinajstić information content (AvgIpc) is 3.10. The number of carbonyl (C=O) groups excluding carboxylic acids is 1. The van der Waals surface area contributed by atoms with E-state index in [1.807, 2.05) is 0 Å². The lowest BCUT2D eigenvalue weighted by Gasteiger charge is -2.24. The third-order valence-corrected chi connectivity index (χ3v) is 8.24. The zero-order chi connectivity index (χ0) is 20.8. The van der Waals surface area contributed by atoms with Crippen LogP contribution < -0.4 is 4.90 Å². The van der Waals surface area contributed by atoms with Crippen LogP contribution in [0, 0.1) is 11.6 Å². The number of halogens is 3. The summed E-state index contributed by atoms with van der Waals surface area (Å²) in [7, 11) is -3.21. The lowest BCUT2D eigenvalue weighted by Crippen LogP contribution is -2.37. The summed E-state index contributed by atoms with van der Waals surface area (Å²) in [5, 5.41) is -0.0281. The van der Waals surface area contributed by atoms with Gasteiger partial charge in [0.1, 0.15) is 11.6 Å². The molecule has 152 valence electrons. The van der Waals surface area contributed by atoms with E-state index in [0.29, 0.717) is 16.4 Å². The van der Waals surface area contributed by atoms with Crippen molar-refractivity contribution in [3.63, 3.8) is 0 Å². The van der Waals surface area contributed by atoms with Crippen molar-refractivity contribution in [2.24, 2.45) is 4.99 Å². The van der Waals surface area contributed by atoms with Crippen LogP contribution in [0.4, 0.5) is 14.5 Å². The number of amidine groups is 1. The highest BCUT2D eigenvalue weighted by atomic mass is 35.5. The van der Waals surface area contributed by atoms with Crippen LogP contribution in [0.5, 0.6) is 0 Å². The minimum absolute atomic E-state index is 0.0149. The molecule has 0 bridgehead atoms. The Labute approximate surface area is 175 Å². The number of hydrogen-bond acceptors (Lipinski definition) is 4. The number of rotatable bonds is 3. The Morgan fingerprint density at radius 3 is 2.59 bits per heavy atom. The molecule has 2 aromatic carbocycles. The molecule has 0 N–H and O–H groups in total. The molecule has 2 saturated heterocycles. The molecular weight excluding hydrogens is 442 g/mol. The van der Waals surface area contributed by atoms with Crippen molar-refractivity contribution in [3.05, 3.63) is 64.7 Å². The summed E-state index contributed by atoms with van der Waals surface area (Å²) in [4.78, 5) is 18.3. The van der Waals surface area contributed by atoms with Gasteiger partial charge in [0.15, 0.2) is 15.0 Å². The molecule has 0 aliphatic carbocycles. The Hall–Kier alpha value is -1.97. The maximum atomic E-state index is 13.6. The molecule has 0 aromatic heterocycles. The lowest BCUT2D eigenvalue weighted by atomic mass is 10.1. The molecule has 5 nitrogen and oxygen atoms in total. The summed E-state index contributed by atoms with van der Waals surface area (Å²) in [5.41, 5.74) is 1.09. The average molecular weight is 457 g/mol. The van der Waals surface area contributed by atoms with Gasteiger partial charge in [0.05, 0.1) is 29.0 Å². The summed E-state index contributed by atoms with van der Waals surface area (Å²) >= 11 is 7.12. The highest BCUT2D eigenvalue weighted by molar-refractivity contribution is 8.16. The zero-order valence-electron chi connectivity index (χ0n) is 14.9. The molecule has 1 amide bonds. The van der Waals surface area contributed by atoms with Gasteiger partial charge in [-0.25, -0.2) is 17.2 Å². The van der Waals surface area contributed by atoms with Crippen LogP contribution in [0.15, 0.2) is 47.5 Å². The van der Waals surface area contributed by atoms with Gasteiger partial charge in [-0.2, -0.15) is 4.99 Å². The molecule has 0 radical (unpaired) electrons. The number of hydrogen-bond donors (Lipinski definition) is 0. The van der Waals surface area contributed by atoms with Crippen molar-refractivity contribution in [1.82, 2.24) is 0 Å². The largest absolute Gasteiger partial charge is 0.316 e. The van der Waals surface area contributed by atoms with Gasteiger partial charge in [-0.3, -0.25) is 4.79 Å². The molecule has 2 aromatic rings. The standard InChI is InChI=1S/C19H15ClF2N2O3S2/c20-14-8-13(5-6-15(14)22)24-16-9-29(26,27)10-17(16)28-19(24)23-18(25)7-11-1-3-12(21)4-2-11/h1-6,8,16-17H,7,9-10H2/t16-,17+/m1/s1. The monoisotopic (exact) mass is 456 g/mol. The third-order valence-electron chi connectivity index (χ3n) is 4.74. The van der Waals surface area contributed by atoms with Gasteiger partial charge in [0.2, 0.25) is 0 Å². The van der Waals surface area contributed by atoms with E-state index in [4.69, 9.17) is 11.6 Å². The van der Waals surface area contributed by atoms with E-state index < -0.39 is 33.4 Å². The van der Waals surface area contributed by atoms with Gasteiger partial charge >= 0.3 is 0 Å². The number of fused-ring (bicyclic) bond motifs is 1. The molecule has 4 rings (SSSR count). The quantitative estimate of drug-likeness (QED) is 0.707. The van der Waals surface area contributed by atoms with Crippen LogP contribution in [-0.2, 0) is 21.1 Å². The molecule has 2 heterocycles. The third kappa shape index (κ3) is 4.31. The number of nitrogens with zero attached hydrogens (tertiary/aromatic N) is 2. The van der Waals surface area contributed by atoms with Crippen molar-refractivity contribution in [3.8, 4) is 0 Å². The van der Waals surface area contributed by atoms with Crippen LogP contribution in [0.25, 0.3) is 0 Å². The first-order valence-electron chi connectivity index (χ1n) is 8.69. The number of aliphatic imine (C=N–C) groups is 1. The van der Waals surface area contributed by atoms with Gasteiger partial charge in [-0.1, -0.05) is 35.5 Å². The smallest absolute Gasteiger partial charge is 0.252 e. The fraction of sp³-hybridized carbons (Fsp3) is 0.263. The second-order valence-corrected chi connectivity index (χ2v) is 10.6. The lowest BCUT2D eigenvalue weighted by molar-refractivity contribution is -0.117. The molecule has 10 heteroatoms. The first kappa shape index (κ1) is 20.3. The van der Waals surface area contributed by atoms with Crippen molar-refractivity contribution in [1.29, 1.82) is 0 Å². The number of anilines is 1. The van der Waals surface area contributed by atoms with E-state index in [1.54, 1.807) is 4.90 Å². The van der Waals surface area contributed by atoms with Crippen LogP contribution in [0.2, 0.25) is 5.02 Å². The number of benzene rings is 2. The fourth-order valence-electron chi connectivity index (χ4n) is 3.42. The minimum Gasteiger partial charge on any atom is -0.316 e. The van der Waals surface area contributed by atoms with Gasteiger partial charge in [0.25, 0.3) is 5.91 Å².